The fourth-order valence-electron chi connectivity index (χ4n) is 2.82. The van der Waals surface area contributed by atoms with Crippen molar-refractivity contribution in [3.8, 4) is 0 Å². The number of hydrogen-bond donors (Lipinski definition) is 2. The third kappa shape index (κ3) is 3.83. The average molecular weight is 293 g/mol. The lowest BCUT2D eigenvalue weighted by molar-refractivity contribution is 0.0896. The first kappa shape index (κ1) is 16.0. The summed E-state index contributed by atoms with van der Waals surface area (Å²) in [7, 11) is 2.13. The summed E-state index contributed by atoms with van der Waals surface area (Å²) in [6.07, 6.45) is 4.55. The summed E-state index contributed by atoms with van der Waals surface area (Å²) < 4.78 is 1.86. The maximum Gasteiger partial charge on any atom is 0.254 e. The van der Waals surface area contributed by atoms with E-state index in [-0.39, 0.29) is 11.9 Å². The molecule has 6 heteroatoms. The van der Waals surface area contributed by atoms with Gasteiger partial charge in [-0.3, -0.25) is 9.48 Å². The van der Waals surface area contributed by atoms with Gasteiger partial charge >= 0.3 is 0 Å². The van der Waals surface area contributed by atoms with Gasteiger partial charge in [0, 0.05) is 30.9 Å². The molecule has 1 aromatic rings. The van der Waals surface area contributed by atoms with E-state index >= 15 is 0 Å². The quantitative estimate of drug-likeness (QED) is 0.840. The van der Waals surface area contributed by atoms with Crippen LogP contribution in [0.4, 0.5) is 0 Å². The van der Waals surface area contributed by atoms with Crippen LogP contribution in [0.25, 0.3) is 0 Å². The van der Waals surface area contributed by atoms with Crippen molar-refractivity contribution in [3.63, 3.8) is 0 Å². The Bertz CT molecular complexity index is 484. The molecule has 2 heterocycles. The third-order valence-electron chi connectivity index (χ3n) is 4.47. The zero-order valence-electron chi connectivity index (χ0n) is 13.3. The lowest BCUT2D eigenvalue weighted by atomic mass is 9.98. The van der Waals surface area contributed by atoms with Gasteiger partial charge in [-0.1, -0.05) is 0 Å². The minimum atomic E-state index is -0.00625. The van der Waals surface area contributed by atoms with E-state index in [1.807, 2.05) is 11.6 Å². The van der Waals surface area contributed by atoms with Gasteiger partial charge in [0.2, 0.25) is 0 Å². The average Bonchev–Trinajstić information content (AvgIpc) is 2.82. The van der Waals surface area contributed by atoms with Crippen molar-refractivity contribution in [1.29, 1.82) is 0 Å². The molecular weight excluding hydrogens is 266 g/mol. The van der Waals surface area contributed by atoms with Crippen LogP contribution in [0.3, 0.4) is 0 Å². The van der Waals surface area contributed by atoms with E-state index in [1.54, 1.807) is 6.20 Å². The molecule has 1 fully saturated rings. The highest BCUT2D eigenvalue weighted by Crippen LogP contribution is 2.16. The van der Waals surface area contributed by atoms with Gasteiger partial charge in [0.15, 0.2) is 0 Å². The number of likely N-dealkylation sites (tertiary alicyclic amines) is 1. The van der Waals surface area contributed by atoms with Crippen LogP contribution in [0, 0.1) is 6.92 Å². The standard InChI is InChI=1S/C15H27N5O/c1-11-9-13(5-8-19(11)3)18-15(21)14-10-17-20(12(14)2)7-4-6-16/h10-11,13H,4-9,16H2,1-3H3,(H,18,21). The second-order valence-corrected chi connectivity index (χ2v) is 6.03. The molecule has 118 valence electrons. The van der Waals surface area contributed by atoms with Crippen molar-refractivity contribution in [3.05, 3.63) is 17.5 Å². The fourth-order valence-corrected chi connectivity index (χ4v) is 2.82. The highest BCUT2D eigenvalue weighted by atomic mass is 16.1. The first-order chi connectivity index (χ1) is 10.0. The van der Waals surface area contributed by atoms with Gasteiger partial charge in [-0.2, -0.15) is 5.10 Å². The Morgan fingerprint density at radius 3 is 3.00 bits per heavy atom. The lowest BCUT2D eigenvalue weighted by Gasteiger charge is -2.35. The molecule has 0 aromatic carbocycles. The van der Waals surface area contributed by atoms with Crippen LogP contribution in [0.5, 0.6) is 0 Å². The van der Waals surface area contributed by atoms with Crippen molar-refractivity contribution < 1.29 is 4.79 Å². The van der Waals surface area contributed by atoms with E-state index in [2.05, 4.69) is 29.3 Å². The van der Waals surface area contributed by atoms with Gasteiger partial charge in [-0.25, -0.2) is 0 Å². The van der Waals surface area contributed by atoms with Crippen LogP contribution in [0.15, 0.2) is 6.20 Å². The number of nitrogens with one attached hydrogen (secondary N) is 1. The smallest absolute Gasteiger partial charge is 0.254 e. The van der Waals surface area contributed by atoms with E-state index < -0.39 is 0 Å². The van der Waals surface area contributed by atoms with Crippen LogP contribution in [-0.4, -0.2) is 52.8 Å². The van der Waals surface area contributed by atoms with Crippen LogP contribution in [0.1, 0.15) is 42.2 Å². The number of amides is 1. The molecule has 0 saturated carbocycles. The number of nitrogens with two attached hydrogens (primary N) is 1. The molecule has 0 radical (unpaired) electrons. The summed E-state index contributed by atoms with van der Waals surface area (Å²) in [6, 6.07) is 0.771. The summed E-state index contributed by atoms with van der Waals surface area (Å²) in [4.78, 5) is 14.7. The van der Waals surface area contributed by atoms with E-state index in [0.29, 0.717) is 18.2 Å². The Balaban J connectivity index is 1.96. The second-order valence-electron chi connectivity index (χ2n) is 6.03. The number of carbonyl (C=O) groups excluding carboxylic acids is 1. The minimum absolute atomic E-state index is 0.00625. The summed E-state index contributed by atoms with van der Waals surface area (Å²) in [5.74, 6) is -0.00625. The fraction of sp³-hybridized carbons (Fsp3) is 0.733. The Morgan fingerprint density at radius 2 is 2.33 bits per heavy atom. The summed E-state index contributed by atoms with van der Waals surface area (Å²) in [5.41, 5.74) is 7.11. The number of piperidine rings is 1. The number of aryl methyl sites for hydroxylation is 1. The maximum absolute atomic E-state index is 12.4. The van der Waals surface area contributed by atoms with Gasteiger partial charge in [0.25, 0.3) is 5.91 Å². The maximum atomic E-state index is 12.4. The van der Waals surface area contributed by atoms with Gasteiger partial charge in [0.05, 0.1) is 11.8 Å². The predicted octanol–water partition coefficient (Wildman–Crippen LogP) is 0.753. The SMILES string of the molecule is Cc1c(C(=O)NC2CCN(C)C(C)C2)cnn1CCCN. The summed E-state index contributed by atoms with van der Waals surface area (Å²) in [5, 5.41) is 7.44. The van der Waals surface area contributed by atoms with Gasteiger partial charge in [-0.05, 0) is 46.7 Å². The summed E-state index contributed by atoms with van der Waals surface area (Å²) >= 11 is 0. The Morgan fingerprint density at radius 1 is 1.57 bits per heavy atom. The van der Waals surface area contributed by atoms with Gasteiger partial charge in [0.1, 0.15) is 0 Å². The molecule has 0 spiro atoms. The number of aromatic nitrogens is 2. The van der Waals surface area contributed by atoms with E-state index in [0.717, 1.165) is 38.0 Å². The highest BCUT2D eigenvalue weighted by Gasteiger charge is 2.25. The molecule has 2 atom stereocenters. The minimum Gasteiger partial charge on any atom is -0.349 e. The lowest BCUT2D eigenvalue weighted by Crippen LogP contribution is -2.47. The van der Waals surface area contributed by atoms with Crippen molar-refractivity contribution in [1.82, 2.24) is 20.0 Å². The van der Waals surface area contributed by atoms with Crippen molar-refractivity contribution in [2.24, 2.45) is 5.73 Å². The molecule has 2 unspecified atom stereocenters. The monoisotopic (exact) mass is 293 g/mol. The third-order valence-corrected chi connectivity index (χ3v) is 4.47. The number of rotatable bonds is 5. The van der Waals surface area contributed by atoms with E-state index in [9.17, 15) is 4.79 Å². The van der Waals surface area contributed by atoms with Gasteiger partial charge < -0.3 is 16.0 Å². The largest absolute Gasteiger partial charge is 0.349 e. The van der Waals surface area contributed by atoms with Gasteiger partial charge in [-0.15, -0.1) is 0 Å². The molecule has 0 aliphatic carbocycles. The summed E-state index contributed by atoms with van der Waals surface area (Å²) in [6.45, 7) is 6.57. The first-order valence-corrected chi connectivity index (χ1v) is 7.76. The Hall–Kier alpha value is -1.40. The molecule has 0 bridgehead atoms. The van der Waals surface area contributed by atoms with Crippen molar-refractivity contribution >= 4 is 5.91 Å². The van der Waals surface area contributed by atoms with Crippen LogP contribution in [-0.2, 0) is 6.54 Å². The van der Waals surface area contributed by atoms with Crippen molar-refractivity contribution in [2.45, 2.75) is 51.7 Å². The molecule has 1 aromatic heterocycles. The molecule has 1 aliphatic rings. The normalized spacial score (nSPS) is 23.2. The Kier molecular flexibility index (Phi) is 5.36. The first-order valence-electron chi connectivity index (χ1n) is 7.76. The number of nitrogens with zero attached hydrogens (tertiary/aromatic N) is 3. The van der Waals surface area contributed by atoms with Crippen molar-refractivity contribution in [2.75, 3.05) is 20.1 Å². The topological polar surface area (TPSA) is 76.2 Å². The Labute approximate surface area is 126 Å². The second kappa shape index (κ2) is 7.04. The number of carbonyl (C=O) groups is 1. The zero-order valence-corrected chi connectivity index (χ0v) is 13.3. The molecule has 1 saturated heterocycles. The van der Waals surface area contributed by atoms with E-state index in [1.165, 1.54) is 0 Å². The molecule has 1 aliphatic heterocycles. The molecule has 6 nitrogen and oxygen atoms in total. The molecule has 3 N–H and O–H groups in total. The van der Waals surface area contributed by atoms with Crippen LogP contribution in [0.2, 0.25) is 0 Å². The molecule has 21 heavy (non-hydrogen) atoms. The van der Waals surface area contributed by atoms with E-state index in [4.69, 9.17) is 5.73 Å². The number of hydrogen-bond acceptors (Lipinski definition) is 4. The molecule has 2 rings (SSSR count). The molecular formula is C15H27N5O. The highest BCUT2D eigenvalue weighted by molar-refractivity contribution is 5.95. The van der Waals surface area contributed by atoms with Crippen LogP contribution < -0.4 is 11.1 Å². The molecule has 1 amide bonds. The zero-order chi connectivity index (χ0) is 15.4. The van der Waals surface area contributed by atoms with Crippen LogP contribution >= 0.6 is 0 Å². The predicted molar refractivity (Wildman–Crippen MR) is 83.2 cm³/mol.